The summed E-state index contributed by atoms with van der Waals surface area (Å²) in [5.41, 5.74) is 0.430. The molecule has 9 heteroatoms. The molecule has 0 saturated carbocycles. The summed E-state index contributed by atoms with van der Waals surface area (Å²) in [6.45, 7) is 0.459. The SMILES string of the molecule is COc1cccc(NC(=O)CN(C(C)=O)S(=O)(=O)c2ccc(Br)cc2)c1. The van der Waals surface area contributed by atoms with Crippen LogP contribution in [-0.4, -0.2) is 38.2 Å². The Morgan fingerprint density at radius 2 is 1.81 bits per heavy atom. The molecule has 0 saturated heterocycles. The lowest BCUT2D eigenvalue weighted by Gasteiger charge is -2.20. The number of nitrogens with zero attached hydrogens (tertiary/aromatic N) is 1. The smallest absolute Gasteiger partial charge is 0.266 e. The van der Waals surface area contributed by atoms with Crippen LogP contribution in [-0.2, 0) is 19.6 Å². The molecule has 2 amide bonds. The molecular formula is C17H17BrN2O5S. The summed E-state index contributed by atoms with van der Waals surface area (Å²) in [4.78, 5) is 24.0. The Labute approximate surface area is 160 Å². The molecule has 0 atom stereocenters. The minimum Gasteiger partial charge on any atom is -0.497 e. The van der Waals surface area contributed by atoms with E-state index in [0.717, 1.165) is 6.92 Å². The molecule has 0 unspecified atom stereocenters. The Hall–Kier alpha value is -2.39. The van der Waals surface area contributed by atoms with Crippen LogP contribution < -0.4 is 10.1 Å². The third-order valence-corrected chi connectivity index (χ3v) is 5.76. The number of halogens is 1. The first kappa shape index (κ1) is 19.9. The molecule has 0 radical (unpaired) electrons. The Morgan fingerprint density at radius 1 is 1.15 bits per heavy atom. The number of ether oxygens (including phenoxy) is 1. The third-order valence-electron chi connectivity index (χ3n) is 3.39. The van der Waals surface area contributed by atoms with E-state index in [0.29, 0.717) is 20.2 Å². The lowest BCUT2D eigenvalue weighted by Crippen LogP contribution is -2.41. The summed E-state index contributed by atoms with van der Waals surface area (Å²) >= 11 is 3.22. The predicted octanol–water partition coefficient (Wildman–Crippen LogP) is 2.63. The zero-order valence-electron chi connectivity index (χ0n) is 14.1. The van der Waals surface area contributed by atoms with Gasteiger partial charge in [0.25, 0.3) is 10.0 Å². The van der Waals surface area contributed by atoms with Gasteiger partial charge in [-0.2, -0.15) is 0 Å². The highest BCUT2D eigenvalue weighted by Crippen LogP contribution is 2.20. The summed E-state index contributed by atoms with van der Waals surface area (Å²) in [7, 11) is -2.65. The molecular weight excluding hydrogens is 424 g/mol. The number of carbonyl (C=O) groups excluding carboxylic acids is 2. The monoisotopic (exact) mass is 440 g/mol. The number of anilines is 1. The van der Waals surface area contributed by atoms with Crippen molar-refractivity contribution < 1.29 is 22.7 Å². The van der Waals surface area contributed by atoms with E-state index in [4.69, 9.17) is 4.74 Å². The van der Waals surface area contributed by atoms with Gasteiger partial charge >= 0.3 is 0 Å². The fraction of sp³-hybridized carbons (Fsp3) is 0.176. The molecule has 138 valence electrons. The van der Waals surface area contributed by atoms with Crippen LogP contribution in [0.4, 0.5) is 5.69 Å². The second-order valence-corrected chi connectivity index (χ2v) is 8.04. The van der Waals surface area contributed by atoms with Crippen molar-refractivity contribution in [3.05, 3.63) is 53.0 Å². The number of methoxy groups -OCH3 is 1. The highest BCUT2D eigenvalue weighted by Gasteiger charge is 2.29. The Morgan fingerprint density at radius 3 is 2.38 bits per heavy atom. The quantitative estimate of drug-likeness (QED) is 0.744. The molecule has 0 aliphatic heterocycles. The molecule has 2 rings (SSSR count). The van der Waals surface area contributed by atoms with Crippen molar-refractivity contribution in [2.75, 3.05) is 19.0 Å². The lowest BCUT2D eigenvalue weighted by molar-refractivity contribution is -0.128. The minimum atomic E-state index is -4.14. The Bertz CT molecular complexity index is 913. The number of sulfonamides is 1. The van der Waals surface area contributed by atoms with E-state index < -0.39 is 28.4 Å². The third kappa shape index (κ3) is 4.83. The van der Waals surface area contributed by atoms with E-state index >= 15 is 0 Å². The molecule has 26 heavy (non-hydrogen) atoms. The van der Waals surface area contributed by atoms with Gasteiger partial charge in [-0.15, -0.1) is 0 Å². The largest absolute Gasteiger partial charge is 0.497 e. The van der Waals surface area contributed by atoms with E-state index in [1.807, 2.05) is 0 Å². The summed E-state index contributed by atoms with van der Waals surface area (Å²) < 4.78 is 31.6. The van der Waals surface area contributed by atoms with Gasteiger partial charge in [0, 0.05) is 23.2 Å². The van der Waals surface area contributed by atoms with Gasteiger partial charge in [-0.3, -0.25) is 9.59 Å². The summed E-state index contributed by atoms with van der Waals surface area (Å²) in [6, 6.07) is 12.4. The van der Waals surface area contributed by atoms with Crippen molar-refractivity contribution in [2.45, 2.75) is 11.8 Å². The van der Waals surface area contributed by atoms with Crippen molar-refractivity contribution in [2.24, 2.45) is 0 Å². The predicted molar refractivity (Wildman–Crippen MR) is 100 cm³/mol. The van der Waals surface area contributed by atoms with Gasteiger partial charge < -0.3 is 10.1 Å². The molecule has 0 aliphatic rings. The van der Waals surface area contributed by atoms with Gasteiger partial charge in [-0.1, -0.05) is 22.0 Å². The van der Waals surface area contributed by atoms with Crippen LogP contribution in [0.3, 0.4) is 0 Å². The second-order valence-electron chi connectivity index (χ2n) is 5.26. The van der Waals surface area contributed by atoms with Crippen molar-refractivity contribution in [3.63, 3.8) is 0 Å². The molecule has 2 aromatic carbocycles. The van der Waals surface area contributed by atoms with Gasteiger partial charge in [-0.25, -0.2) is 12.7 Å². The van der Waals surface area contributed by atoms with Crippen LogP contribution in [0.15, 0.2) is 57.9 Å². The van der Waals surface area contributed by atoms with Gasteiger partial charge in [0.1, 0.15) is 12.3 Å². The maximum Gasteiger partial charge on any atom is 0.266 e. The molecule has 0 aliphatic carbocycles. The van der Waals surface area contributed by atoms with Crippen LogP contribution in [0.5, 0.6) is 5.75 Å². The lowest BCUT2D eigenvalue weighted by atomic mass is 10.3. The van der Waals surface area contributed by atoms with Gasteiger partial charge in [-0.05, 0) is 36.4 Å². The van der Waals surface area contributed by atoms with E-state index in [1.54, 1.807) is 36.4 Å². The van der Waals surface area contributed by atoms with Crippen LogP contribution in [0, 0.1) is 0 Å². The first-order chi connectivity index (χ1) is 12.2. The topological polar surface area (TPSA) is 92.8 Å². The Kier molecular flexibility index (Phi) is 6.38. The zero-order valence-corrected chi connectivity index (χ0v) is 16.5. The van der Waals surface area contributed by atoms with Crippen LogP contribution in [0.1, 0.15) is 6.92 Å². The molecule has 0 aromatic heterocycles. The molecule has 1 N–H and O–H groups in total. The molecule has 7 nitrogen and oxygen atoms in total. The number of amides is 2. The van der Waals surface area contributed by atoms with Crippen molar-refractivity contribution in [1.29, 1.82) is 0 Å². The first-order valence-electron chi connectivity index (χ1n) is 7.47. The van der Waals surface area contributed by atoms with E-state index in [-0.39, 0.29) is 4.90 Å². The maximum absolute atomic E-state index is 12.7. The van der Waals surface area contributed by atoms with Crippen molar-refractivity contribution >= 4 is 43.5 Å². The molecule has 0 bridgehead atoms. The molecule has 0 spiro atoms. The molecule has 0 heterocycles. The average molecular weight is 441 g/mol. The standard InChI is InChI=1S/C17H17BrN2O5S/c1-12(21)20(26(23,24)16-8-6-13(18)7-9-16)11-17(22)19-14-4-3-5-15(10-14)25-2/h3-10H,11H2,1-2H3,(H,19,22). The van der Waals surface area contributed by atoms with Gasteiger partial charge in [0.15, 0.2) is 0 Å². The summed E-state index contributed by atoms with van der Waals surface area (Å²) in [5, 5.41) is 2.55. The summed E-state index contributed by atoms with van der Waals surface area (Å²) in [5.74, 6) is -0.864. The highest BCUT2D eigenvalue weighted by atomic mass is 79.9. The molecule has 0 fully saturated rings. The summed E-state index contributed by atoms with van der Waals surface area (Å²) in [6.07, 6.45) is 0. The van der Waals surface area contributed by atoms with Gasteiger partial charge in [0.05, 0.1) is 12.0 Å². The van der Waals surface area contributed by atoms with Crippen LogP contribution in [0.25, 0.3) is 0 Å². The first-order valence-corrected chi connectivity index (χ1v) is 9.70. The molecule has 2 aromatic rings. The highest BCUT2D eigenvalue weighted by molar-refractivity contribution is 9.10. The van der Waals surface area contributed by atoms with E-state index in [2.05, 4.69) is 21.2 Å². The fourth-order valence-electron chi connectivity index (χ4n) is 2.13. The number of nitrogens with one attached hydrogen (secondary N) is 1. The second kappa shape index (κ2) is 8.33. The van der Waals surface area contributed by atoms with E-state index in [9.17, 15) is 18.0 Å². The number of hydrogen-bond acceptors (Lipinski definition) is 5. The number of carbonyl (C=O) groups is 2. The zero-order chi connectivity index (χ0) is 19.3. The minimum absolute atomic E-state index is 0.0786. The van der Waals surface area contributed by atoms with E-state index in [1.165, 1.54) is 19.2 Å². The van der Waals surface area contributed by atoms with Crippen molar-refractivity contribution in [3.8, 4) is 5.75 Å². The number of benzene rings is 2. The van der Waals surface area contributed by atoms with Gasteiger partial charge in [0.2, 0.25) is 11.8 Å². The number of rotatable bonds is 6. The normalized spacial score (nSPS) is 10.9. The fourth-order valence-corrected chi connectivity index (χ4v) is 3.76. The van der Waals surface area contributed by atoms with Crippen LogP contribution >= 0.6 is 15.9 Å². The van der Waals surface area contributed by atoms with Crippen LogP contribution in [0.2, 0.25) is 0 Å². The van der Waals surface area contributed by atoms with Crippen molar-refractivity contribution in [1.82, 2.24) is 4.31 Å². The number of hydrogen-bond donors (Lipinski definition) is 1. The Balaban J connectivity index is 2.20. The average Bonchev–Trinajstić information content (AvgIpc) is 2.59. The maximum atomic E-state index is 12.7.